The topological polar surface area (TPSA) is 111 Å². The molecule has 116 valence electrons. The number of nitrogens with zero attached hydrogens (tertiary/aromatic N) is 4. The SMILES string of the molecule is CCOC(=O)Nc1cnn(CC(=O)NCc2cccnc2)n1. The van der Waals surface area contributed by atoms with Gasteiger partial charge < -0.3 is 10.1 Å². The monoisotopic (exact) mass is 304 g/mol. The molecule has 0 aliphatic heterocycles. The van der Waals surface area contributed by atoms with Crippen molar-refractivity contribution in [3.8, 4) is 0 Å². The average Bonchev–Trinajstić information content (AvgIpc) is 2.93. The smallest absolute Gasteiger partial charge is 0.412 e. The van der Waals surface area contributed by atoms with E-state index in [1.165, 1.54) is 11.0 Å². The first-order valence-electron chi connectivity index (χ1n) is 6.67. The van der Waals surface area contributed by atoms with Gasteiger partial charge in [-0.25, -0.2) is 4.79 Å². The van der Waals surface area contributed by atoms with Crippen molar-refractivity contribution < 1.29 is 14.3 Å². The highest BCUT2D eigenvalue weighted by Gasteiger charge is 2.08. The summed E-state index contributed by atoms with van der Waals surface area (Å²) in [4.78, 5) is 28.1. The fourth-order valence-electron chi connectivity index (χ4n) is 1.59. The van der Waals surface area contributed by atoms with Crippen LogP contribution < -0.4 is 10.6 Å². The molecule has 0 aliphatic carbocycles. The van der Waals surface area contributed by atoms with Gasteiger partial charge in [-0.15, -0.1) is 5.10 Å². The van der Waals surface area contributed by atoms with Crippen molar-refractivity contribution in [1.29, 1.82) is 0 Å². The third-order valence-corrected chi connectivity index (χ3v) is 2.54. The molecule has 2 aromatic rings. The van der Waals surface area contributed by atoms with Gasteiger partial charge in [-0.3, -0.25) is 15.1 Å². The van der Waals surface area contributed by atoms with Gasteiger partial charge in [-0.1, -0.05) is 6.07 Å². The number of aromatic nitrogens is 4. The van der Waals surface area contributed by atoms with Gasteiger partial charge in [0.1, 0.15) is 6.54 Å². The van der Waals surface area contributed by atoms with Crippen molar-refractivity contribution in [3.05, 3.63) is 36.3 Å². The van der Waals surface area contributed by atoms with Gasteiger partial charge in [0.15, 0.2) is 5.82 Å². The van der Waals surface area contributed by atoms with E-state index in [0.717, 1.165) is 5.56 Å². The first-order chi connectivity index (χ1) is 10.7. The summed E-state index contributed by atoms with van der Waals surface area (Å²) in [5, 5.41) is 13.0. The highest BCUT2D eigenvalue weighted by Crippen LogP contribution is 2.00. The van der Waals surface area contributed by atoms with E-state index in [-0.39, 0.29) is 24.9 Å². The number of hydrogen-bond donors (Lipinski definition) is 2. The van der Waals surface area contributed by atoms with Crippen LogP contribution in [0.4, 0.5) is 10.6 Å². The molecule has 22 heavy (non-hydrogen) atoms. The Kier molecular flexibility index (Phi) is 5.41. The molecule has 0 aromatic carbocycles. The molecule has 0 saturated carbocycles. The van der Waals surface area contributed by atoms with E-state index in [1.807, 2.05) is 6.07 Å². The van der Waals surface area contributed by atoms with E-state index < -0.39 is 6.09 Å². The Balaban J connectivity index is 1.79. The first-order valence-corrected chi connectivity index (χ1v) is 6.67. The maximum absolute atomic E-state index is 11.8. The molecule has 0 bridgehead atoms. The molecule has 2 heterocycles. The molecule has 0 radical (unpaired) electrons. The largest absolute Gasteiger partial charge is 0.450 e. The summed E-state index contributed by atoms with van der Waals surface area (Å²) in [6.45, 7) is 2.28. The number of carbonyl (C=O) groups is 2. The number of nitrogens with one attached hydrogen (secondary N) is 2. The Morgan fingerprint density at radius 1 is 1.36 bits per heavy atom. The molecular formula is C13H16N6O3. The molecule has 0 spiro atoms. The molecule has 2 rings (SSSR count). The van der Waals surface area contributed by atoms with Gasteiger partial charge >= 0.3 is 6.09 Å². The maximum Gasteiger partial charge on any atom is 0.412 e. The average molecular weight is 304 g/mol. The molecule has 2 amide bonds. The van der Waals surface area contributed by atoms with Crippen molar-refractivity contribution >= 4 is 17.8 Å². The van der Waals surface area contributed by atoms with E-state index in [2.05, 4.69) is 25.8 Å². The zero-order valence-corrected chi connectivity index (χ0v) is 12.0. The van der Waals surface area contributed by atoms with Gasteiger partial charge in [0.2, 0.25) is 5.91 Å². The number of pyridine rings is 1. The van der Waals surface area contributed by atoms with Gasteiger partial charge in [0.25, 0.3) is 0 Å². The van der Waals surface area contributed by atoms with E-state index in [1.54, 1.807) is 25.4 Å². The lowest BCUT2D eigenvalue weighted by molar-refractivity contribution is -0.122. The second-order valence-corrected chi connectivity index (χ2v) is 4.24. The van der Waals surface area contributed by atoms with Gasteiger partial charge in [-0.05, 0) is 18.6 Å². The number of hydrogen-bond acceptors (Lipinski definition) is 6. The van der Waals surface area contributed by atoms with Gasteiger partial charge in [0.05, 0.1) is 12.8 Å². The Morgan fingerprint density at radius 3 is 2.95 bits per heavy atom. The van der Waals surface area contributed by atoms with Crippen LogP contribution in [0.25, 0.3) is 0 Å². The molecule has 9 heteroatoms. The zero-order chi connectivity index (χ0) is 15.8. The minimum Gasteiger partial charge on any atom is -0.450 e. The lowest BCUT2D eigenvalue weighted by atomic mass is 10.3. The summed E-state index contributed by atoms with van der Waals surface area (Å²) in [7, 11) is 0. The van der Waals surface area contributed by atoms with Gasteiger partial charge in [0, 0.05) is 18.9 Å². The fourth-order valence-corrected chi connectivity index (χ4v) is 1.59. The summed E-state index contributed by atoms with van der Waals surface area (Å²) in [5.41, 5.74) is 0.897. The second-order valence-electron chi connectivity index (χ2n) is 4.24. The van der Waals surface area contributed by atoms with Crippen LogP contribution in [-0.4, -0.2) is 38.6 Å². The molecule has 0 saturated heterocycles. The van der Waals surface area contributed by atoms with Crippen LogP contribution in [0.1, 0.15) is 12.5 Å². The Morgan fingerprint density at radius 2 is 2.23 bits per heavy atom. The van der Waals surface area contributed by atoms with E-state index in [9.17, 15) is 9.59 Å². The number of carbonyl (C=O) groups excluding carboxylic acids is 2. The molecule has 2 aromatic heterocycles. The third kappa shape index (κ3) is 4.85. The standard InChI is InChI=1S/C13H16N6O3/c1-2-22-13(21)17-11-8-16-19(18-11)9-12(20)15-7-10-4-3-5-14-6-10/h3-6,8H,2,7,9H2,1H3,(H,15,20)(H,17,18,21). The minimum atomic E-state index is -0.615. The number of rotatable bonds is 6. The fraction of sp³-hybridized carbons (Fsp3) is 0.308. The third-order valence-electron chi connectivity index (χ3n) is 2.54. The summed E-state index contributed by atoms with van der Waals surface area (Å²) in [6.07, 6.45) is 4.06. The van der Waals surface area contributed by atoms with Crippen molar-refractivity contribution in [2.75, 3.05) is 11.9 Å². The molecule has 0 aliphatic rings. The lowest BCUT2D eigenvalue weighted by Gasteiger charge is -2.04. The summed E-state index contributed by atoms with van der Waals surface area (Å²) in [5.74, 6) is -0.0272. The summed E-state index contributed by atoms with van der Waals surface area (Å²) in [6, 6.07) is 3.66. The molecule has 0 fully saturated rings. The first kappa shape index (κ1) is 15.4. The van der Waals surface area contributed by atoms with Crippen molar-refractivity contribution in [2.24, 2.45) is 0 Å². The number of ether oxygens (including phenoxy) is 1. The summed E-state index contributed by atoms with van der Waals surface area (Å²) >= 11 is 0. The van der Waals surface area contributed by atoms with E-state index in [0.29, 0.717) is 6.54 Å². The second kappa shape index (κ2) is 7.72. The normalized spacial score (nSPS) is 10.0. The van der Waals surface area contributed by atoms with Crippen LogP contribution in [-0.2, 0) is 22.6 Å². The molecular weight excluding hydrogens is 288 g/mol. The molecule has 0 unspecified atom stereocenters. The van der Waals surface area contributed by atoms with Crippen LogP contribution in [0.3, 0.4) is 0 Å². The quantitative estimate of drug-likeness (QED) is 0.806. The molecule has 2 N–H and O–H groups in total. The van der Waals surface area contributed by atoms with Crippen molar-refractivity contribution in [3.63, 3.8) is 0 Å². The highest BCUT2D eigenvalue weighted by molar-refractivity contribution is 5.83. The van der Waals surface area contributed by atoms with Crippen LogP contribution in [0.5, 0.6) is 0 Å². The Bertz CT molecular complexity index is 628. The van der Waals surface area contributed by atoms with E-state index in [4.69, 9.17) is 4.74 Å². The van der Waals surface area contributed by atoms with Crippen LogP contribution in [0.2, 0.25) is 0 Å². The number of anilines is 1. The van der Waals surface area contributed by atoms with Gasteiger partial charge in [-0.2, -0.15) is 9.90 Å². The van der Waals surface area contributed by atoms with Crippen LogP contribution in [0, 0.1) is 0 Å². The van der Waals surface area contributed by atoms with E-state index >= 15 is 0 Å². The van der Waals surface area contributed by atoms with Crippen molar-refractivity contribution in [1.82, 2.24) is 25.3 Å². The van der Waals surface area contributed by atoms with Crippen LogP contribution >= 0.6 is 0 Å². The summed E-state index contributed by atoms with van der Waals surface area (Å²) < 4.78 is 4.71. The highest BCUT2D eigenvalue weighted by atomic mass is 16.5. The zero-order valence-electron chi connectivity index (χ0n) is 12.0. The Hall–Kier alpha value is -2.97. The number of amides is 2. The van der Waals surface area contributed by atoms with Crippen molar-refractivity contribution in [2.45, 2.75) is 20.0 Å². The predicted molar refractivity (Wildman–Crippen MR) is 76.8 cm³/mol. The maximum atomic E-state index is 11.8. The predicted octanol–water partition coefficient (Wildman–Crippen LogP) is 0.558. The minimum absolute atomic E-state index is 0.0508. The molecule has 0 atom stereocenters. The van der Waals surface area contributed by atoms with Crippen LogP contribution in [0.15, 0.2) is 30.7 Å². The Labute approximate surface area is 126 Å². The lowest BCUT2D eigenvalue weighted by Crippen LogP contribution is -2.28. The molecule has 9 nitrogen and oxygen atoms in total.